The van der Waals surface area contributed by atoms with Gasteiger partial charge in [-0.15, -0.1) is 11.3 Å². The molecular weight excluding hydrogens is 707 g/mol. The molecule has 2 heterocycles. The van der Waals surface area contributed by atoms with Gasteiger partial charge in [0.1, 0.15) is 12.1 Å². The van der Waals surface area contributed by atoms with Gasteiger partial charge in [0.05, 0.1) is 36.5 Å². The van der Waals surface area contributed by atoms with E-state index in [0.717, 1.165) is 16.3 Å². The first kappa shape index (κ1) is 44.6. The summed E-state index contributed by atoms with van der Waals surface area (Å²) >= 11 is 1.59. The molecule has 1 aromatic carbocycles. The highest BCUT2D eigenvalue weighted by Gasteiger charge is 2.41. The molecule has 4 N–H and O–H groups in total. The van der Waals surface area contributed by atoms with E-state index in [1.54, 1.807) is 26.1 Å². The standard InChI is InChI=1S/C40H65N7O6S/c1-12-27(4)32(47-21-20-45(38(47)52)23-29-25-54-36(41-29)26(2)3)34(49)42-30(22-28-16-14-13-15-17-28)31(48)24-46(19-18-39(5,6)7)44-35(50)33(40(8,9)10)43-37(51)53-11/h13-17,25-27,30-33,48H,12,18-24H2,1-11H3,(H,42,49)(H,43,51)(H,44,50)/t27-,30-,31-,32-,33+/m0/s1. The Kier molecular flexibility index (Phi) is 16.3. The van der Waals surface area contributed by atoms with E-state index >= 15 is 0 Å². The predicted octanol–water partition coefficient (Wildman–Crippen LogP) is 5.55. The van der Waals surface area contributed by atoms with E-state index in [-0.39, 0.29) is 29.8 Å². The molecule has 0 bridgehead atoms. The highest BCUT2D eigenvalue weighted by molar-refractivity contribution is 7.09. The van der Waals surface area contributed by atoms with E-state index in [4.69, 9.17) is 9.72 Å². The van der Waals surface area contributed by atoms with Gasteiger partial charge in [0.25, 0.3) is 5.91 Å². The molecule has 3 rings (SSSR count). The number of ether oxygens (including phenoxy) is 1. The monoisotopic (exact) mass is 771 g/mol. The van der Waals surface area contributed by atoms with Crippen molar-refractivity contribution in [2.45, 2.75) is 125 Å². The van der Waals surface area contributed by atoms with Crippen molar-refractivity contribution in [2.75, 3.05) is 33.3 Å². The van der Waals surface area contributed by atoms with E-state index in [1.165, 1.54) is 7.11 Å². The van der Waals surface area contributed by atoms with Gasteiger partial charge in [-0.25, -0.2) is 19.6 Å². The first-order valence-electron chi connectivity index (χ1n) is 19.2. The summed E-state index contributed by atoms with van der Waals surface area (Å²) in [5.41, 5.74) is 3.96. The number of hydrogen-bond donors (Lipinski definition) is 4. The molecule has 2 aromatic rings. The van der Waals surface area contributed by atoms with Crippen LogP contribution in [0.3, 0.4) is 0 Å². The maximum absolute atomic E-state index is 14.4. The zero-order valence-electron chi connectivity index (χ0n) is 34.3. The third kappa shape index (κ3) is 13.2. The van der Waals surface area contributed by atoms with Crippen LogP contribution in [-0.4, -0.2) is 106 Å². The molecule has 302 valence electrons. The molecule has 5 amide bonds. The summed E-state index contributed by atoms with van der Waals surface area (Å²) < 4.78 is 4.79. The molecule has 1 aliphatic heterocycles. The summed E-state index contributed by atoms with van der Waals surface area (Å²) in [7, 11) is 1.24. The fraction of sp³-hybridized carbons (Fsp3) is 0.675. The lowest BCUT2D eigenvalue weighted by molar-refractivity contribution is -0.132. The molecule has 0 unspecified atom stereocenters. The van der Waals surface area contributed by atoms with Crippen LogP contribution >= 0.6 is 11.3 Å². The molecule has 0 saturated carbocycles. The number of aromatic nitrogens is 1. The topological polar surface area (TPSA) is 156 Å². The van der Waals surface area contributed by atoms with E-state index in [9.17, 15) is 24.3 Å². The number of hydrazine groups is 1. The summed E-state index contributed by atoms with van der Waals surface area (Å²) in [6.45, 7) is 21.6. The highest BCUT2D eigenvalue weighted by Crippen LogP contribution is 2.26. The number of carbonyl (C=O) groups excluding carboxylic acids is 4. The van der Waals surface area contributed by atoms with Gasteiger partial charge in [-0.05, 0) is 35.2 Å². The smallest absolute Gasteiger partial charge is 0.407 e. The van der Waals surface area contributed by atoms with Crippen molar-refractivity contribution in [2.24, 2.45) is 16.7 Å². The van der Waals surface area contributed by atoms with Crippen molar-refractivity contribution in [1.82, 2.24) is 35.9 Å². The van der Waals surface area contributed by atoms with Crippen LogP contribution < -0.4 is 16.1 Å². The number of aliphatic hydroxyl groups is 1. The van der Waals surface area contributed by atoms with Crippen molar-refractivity contribution < 1.29 is 29.0 Å². The SMILES string of the molecule is CC[C@H](C)[C@@H](C(=O)N[C@@H](Cc1ccccc1)[C@@H](O)CN(CCC(C)(C)C)NC(=O)[C@@H](NC(=O)OC)C(C)(C)C)N1CCN(Cc2csc(C(C)C)n2)C1=O. The van der Waals surface area contributed by atoms with Gasteiger partial charge in [-0.3, -0.25) is 15.0 Å². The number of urea groups is 1. The summed E-state index contributed by atoms with van der Waals surface area (Å²) in [6, 6.07) is 6.94. The van der Waals surface area contributed by atoms with E-state index < -0.39 is 41.6 Å². The summed E-state index contributed by atoms with van der Waals surface area (Å²) in [6.07, 6.45) is -0.184. The summed E-state index contributed by atoms with van der Waals surface area (Å²) in [4.78, 5) is 62.3. The Hall–Kier alpha value is -3.75. The molecule has 14 heteroatoms. The number of nitrogens with one attached hydrogen (secondary N) is 3. The first-order valence-corrected chi connectivity index (χ1v) is 20.0. The van der Waals surface area contributed by atoms with Crippen LogP contribution in [0.1, 0.15) is 104 Å². The molecule has 0 aliphatic carbocycles. The molecule has 5 atom stereocenters. The second-order valence-electron chi connectivity index (χ2n) is 17.1. The highest BCUT2D eigenvalue weighted by atomic mass is 32.1. The molecule has 0 spiro atoms. The molecule has 1 saturated heterocycles. The molecule has 0 radical (unpaired) electrons. The zero-order chi connectivity index (χ0) is 40.4. The average Bonchev–Trinajstić information content (AvgIpc) is 3.72. The summed E-state index contributed by atoms with van der Waals surface area (Å²) in [5.74, 6) is -0.646. The molecule has 1 aromatic heterocycles. The Morgan fingerprint density at radius 2 is 1.69 bits per heavy atom. The quantitative estimate of drug-likeness (QED) is 0.144. The second kappa shape index (κ2) is 19.7. The van der Waals surface area contributed by atoms with Crippen molar-refractivity contribution in [3.05, 3.63) is 52.0 Å². The molecule has 13 nitrogen and oxygen atoms in total. The minimum Gasteiger partial charge on any atom is -0.453 e. The number of carbonyl (C=O) groups is 4. The maximum Gasteiger partial charge on any atom is 0.407 e. The number of benzene rings is 1. The third-order valence-electron chi connectivity index (χ3n) is 9.80. The van der Waals surface area contributed by atoms with Crippen LogP contribution in [0.2, 0.25) is 0 Å². The number of aliphatic hydroxyl groups excluding tert-OH is 1. The van der Waals surface area contributed by atoms with E-state index in [0.29, 0.717) is 51.4 Å². The lowest BCUT2D eigenvalue weighted by Crippen LogP contribution is -2.60. The number of amides is 5. The van der Waals surface area contributed by atoms with E-state index in [2.05, 4.69) is 50.7 Å². The van der Waals surface area contributed by atoms with Crippen LogP contribution in [0.25, 0.3) is 0 Å². The van der Waals surface area contributed by atoms with Gasteiger partial charge >= 0.3 is 12.1 Å². The van der Waals surface area contributed by atoms with Crippen LogP contribution in [0.5, 0.6) is 0 Å². The normalized spacial score (nSPS) is 16.6. The fourth-order valence-electron chi connectivity index (χ4n) is 6.30. The number of alkyl carbamates (subject to hydrolysis) is 1. The maximum atomic E-state index is 14.4. The lowest BCUT2D eigenvalue weighted by Gasteiger charge is -2.36. The number of methoxy groups -OCH3 is 1. The van der Waals surface area contributed by atoms with Crippen LogP contribution in [0, 0.1) is 16.7 Å². The number of nitrogens with zero attached hydrogens (tertiary/aromatic N) is 4. The van der Waals surface area contributed by atoms with Crippen LogP contribution in [-0.2, 0) is 27.3 Å². The lowest BCUT2D eigenvalue weighted by atomic mass is 9.86. The average molecular weight is 772 g/mol. The van der Waals surface area contributed by atoms with Crippen molar-refractivity contribution in [1.29, 1.82) is 0 Å². The Morgan fingerprint density at radius 1 is 1.02 bits per heavy atom. The Balaban J connectivity index is 1.87. The number of hydrogen-bond acceptors (Lipinski definition) is 9. The molecule has 1 aliphatic rings. The largest absolute Gasteiger partial charge is 0.453 e. The zero-order valence-corrected chi connectivity index (χ0v) is 35.1. The van der Waals surface area contributed by atoms with Gasteiger partial charge in [0.2, 0.25) is 5.91 Å². The minimum absolute atomic E-state index is 0.00882. The first-order chi connectivity index (χ1) is 25.2. The Morgan fingerprint density at radius 3 is 2.24 bits per heavy atom. The third-order valence-corrected chi connectivity index (χ3v) is 11.0. The molecular formula is C40H65N7O6S. The van der Waals surface area contributed by atoms with Gasteiger partial charge in [0, 0.05) is 37.5 Å². The van der Waals surface area contributed by atoms with Crippen LogP contribution in [0.15, 0.2) is 35.7 Å². The second-order valence-corrected chi connectivity index (χ2v) is 18.0. The van der Waals surface area contributed by atoms with Crippen molar-refractivity contribution in [3.63, 3.8) is 0 Å². The molecule has 54 heavy (non-hydrogen) atoms. The van der Waals surface area contributed by atoms with Crippen molar-refractivity contribution in [3.8, 4) is 0 Å². The Bertz CT molecular complexity index is 1520. The number of rotatable bonds is 18. The number of thiazole rings is 1. The van der Waals surface area contributed by atoms with Crippen molar-refractivity contribution >= 4 is 35.3 Å². The Labute approximate surface area is 326 Å². The van der Waals surface area contributed by atoms with Gasteiger partial charge in [0.15, 0.2) is 0 Å². The minimum atomic E-state index is -1.13. The summed E-state index contributed by atoms with van der Waals surface area (Å²) in [5, 5.41) is 22.4. The van der Waals surface area contributed by atoms with Crippen LogP contribution in [0.4, 0.5) is 9.59 Å². The van der Waals surface area contributed by atoms with Gasteiger partial charge in [-0.1, -0.05) is 106 Å². The molecule has 1 fully saturated rings. The predicted molar refractivity (Wildman–Crippen MR) is 213 cm³/mol. The fourth-order valence-corrected chi connectivity index (χ4v) is 7.13. The van der Waals surface area contributed by atoms with E-state index in [1.807, 2.05) is 70.3 Å². The van der Waals surface area contributed by atoms with Gasteiger partial charge in [-0.2, -0.15) is 0 Å². The van der Waals surface area contributed by atoms with Gasteiger partial charge < -0.3 is 30.3 Å².